The molecule has 0 aromatic heterocycles. The van der Waals surface area contributed by atoms with E-state index in [1.165, 1.54) is 5.56 Å². The van der Waals surface area contributed by atoms with Gasteiger partial charge in [-0.25, -0.2) is 0 Å². The summed E-state index contributed by atoms with van der Waals surface area (Å²) < 4.78 is 11.2. The van der Waals surface area contributed by atoms with Crippen molar-refractivity contribution in [3.8, 4) is 0 Å². The van der Waals surface area contributed by atoms with Crippen LogP contribution in [0.15, 0.2) is 42.5 Å². The van der Waals surface area contributed by atoms with Crippen LogP contribution in [0, 0.1) is 0 Å². The Morgan fingerprint density at radius 3 is 2.67 bits per heavy atom. The molecule has 1 saturated heterocycles. The highest BCUT2D eigenvalue weighted by atomic mass is 16.5. The third kappa shape index (κ3) is 3.62. The minimum Gasteiger partial charge on any atom is -0.487 e. The summed E-state index contributed by atoms with van der Waals surface area (Å²) >= 11 is 0. The number of amides is 1. The fraction of sp³-hybridized carbons (Fsp3) is 0.375. The summed E-state index contributed by atoms with van der Waals surface area (Å²) in [5, 5.41) is 2.94. The summed E-state index contributed by atoms with van der Waals surface area (Å²) in [6, 6.07) is 14.3. The van der Waals surface area contributed by atoms with E-state index in [4.69, 9.17) is 9.47 Å². The molecule has 6 heteroatoms. The molecule has 3 aliphatic rings. The maximum absolute atomic E-state index is 12.6. The van der Waals surface area contributed by atoms with Crippen molar-refractivity contribution < 1.29 is 14.3 Å². The molecule has 0 unspecified atom stereocenters. The molecule has 6 nitrogen and oxygen atoms in total. The van der Waals surface area contributed by atoms with Gasteiger partial charge in [-0.1, -0.05) is 36.4 Å². The zero-order chi connectivity index (χ0) is 20.5. The quantitative estimate of drug-likeness (QED) is 0.776. The molecule has 2 aromatic carbocycles. The Hall–Kier alpha value is -2.67. The average molecular weight is 405 g/mol. The van der Waals surface area contributed by atoms with E-state index in [1.807, 2.05) is 24.3 Å². The molecule has 1 fully saturated rings. The number of piperazine rings is 1. The van der Waals surface area contributed by atoms with Gasteiger partial charge in [-0.3, -0.25) is 14.6 Å². The van der Waals surface area contributed by atoms with E-state index in [9.17, 15) is 4.79 Å². The number of fused-ring (bicyclic) bond motifs is 2. The minimum atomic E-state index is -0.0885. The number of anilines is 1. The van der Waals surface area contributed by atoms with Crippen LogP contribution in [0.25, 0.3) is 11.3 Å². The Kier molecular flexibility index (Phi) is 5.29. The van der Waals surface area contributed by atoms with Gasteiger partial charge in [0.25, 0.3) is 5.91 Å². The topological polar surface area (TPSA) is 54.0 Å². The molecule has 0 saturated carbocycles. The molecule has 0 radical (unpaired) electrons. The van der Waals surface area contributed by atoms with Crippen molar-refractivity contribution in [2.24, 2.45) is 0 Å². The van der Waals surface area contributed by atoms with E-state index < -0.39 is 0 Å². The van der Waals surface area contributed by atoms with Crippen molar-refractivity contribution in [3.05, 3.63) is 64.7 Å². The number of carbonyl (C=O) groups is 1. The van der Waals surface area contributed by atoms with Gasteiger partial charge in [-0.05, 0) is 11.6 Å². The smallest absolute Gasteiger partial charge is 0.260 e. The number of hydrogen-bond acceptors (Lipinski definition) is 5. The second-order valence-corrected chi connectivity index (χ2v) is 8.09. The lowest BCUT2D eigenvalue weighted by atomic mass is 9.99. The number of rotatable bonds is 5. The summed E-state index contributed by atoms with van der Waals surface area (Å²) in [4.78, 5) is 17.5. The third-order valence-corrected chi connectivity index (χ3v) is 6.17. The maximum Gasteiger partial charge on any atom is 0.260 e. The number of hydrogen-bond donors (Lipinski definition) is 1. The van der Waals surface area contributed by atoms with Crippen LogP contribution in [-0.2, 0) is 27.4 Å². The van der Waals surface area contributed by atoms with Gasteiger partial charge in [-0.2, -0.15) is 0 Å². The second kappa shape index (κ2) is 8.22. The first-order valence-corrected chi connectivity index (χ1v) is 10.6. The van der Waals surface area contributed by atoms with Crippen molar-refractivity contribution in [2.45, 2.75) is 13.2 Å². The number of benzene rings is 2. The summed E-state index contributed by atoms with van der Waals surface area (Å²) in [7, 11) is 1.76. The predicted molar refractivity (Wildman–Crippen MR) is 117 cm³/mol. The number of nitrogens with one attached hydrogen (secondary N) is 1. The Balaban J connectivity index is 1.32. The fourth-order valence-electron chi connectivity index (χ4n) is 4.51. The first-order valence-electron chi connectivity index (χ1n) is 10.6. The van der Waals surface area contributed by atoms with Gasteiger partial charge in [0.05, 0.1) is 12.2 Å². The molecule has 3 aliphatic heterocycles. The van der Waals surface area contributed by atoms with Gasteiger partial charge in [0.15, 0.2) is 0 Å². The van der Waals surface area contributed by atoms with Crippen LogP contribution in [0.4, 0.5) is 5.69 Å². The molecule has 156 valence electrons. The zero-order valence-corrected chi connectivity index (χ0v) is 17.3. The van der Waals surface area contributed by atoms with Crippen molar-refractivity contribution in [3.63, 3.8) is 0 Å². The number of methoxy groups -OCH3 is 1. The second-order valence-electron chi connectivity index (χ2n) is 8.09. The molecule has 0 bridgehead atoms. The van der Waals surface area contributed by atoms with Crippen LogP contribution in [0.5, 0.6) is 0 Å². The molecule has 3 heterocycles. The van der Waals surface area contributed by atoms with E-state index in [1.54, 1.807) is 7.11 Å². The summed E-state index contributed by atoms with van der Waals surface area (Å²) in [5.41, 5.74) is 5.90. The number of carbonyl (C=O) groups excluding carboxylic acids is 1. The lowest BCUT2D eigenvalue weighted by Gasteiger charge is -2.34. The van der Waals surface area contributed by atoms with Crippen LogP contribution in [-0.4, -0.2) is 62.1 Å². The average Bonchev–Trinajstić information content (AvgIpc) is 3.32. The van der Waals surface area contributed by atoms with Crippen LogP contribution >= 0.6 is 0 Å². The third-order valence-electron chi connectivity index (χ3n) is 6.17. The van der Waals surface area contributed by atoms with Gasteiger partial charge < -0.3 is 14.8 Å². The van der Waals surface area contributed by atoms with Crippen LogP contribution in [0.2, 0.25) is 0 Å². The van der Waals surface area contributed by atoms with Crippen molar-refractivity contribution in [2.75, 3.05) is 51.8 Å². The van der Waals surface area contributed by atoms with E-state index in [0.29, 0.717) is 17.9 Å². The summed E-state index contributed by atoms with van der Waals surface area (Å²) in [5.74, 6) is 0.611. The van der Waals surface area contributed by atoms with Gasteiger partial charge in [0.2, 0.25) is 0 Å². The Morgan fingerprint density at radius 1 is 1.03 bits per heavy atom. The van der Waals surface area contributed by atoms with E-state index in [-0.39, 0.29) is 5.91 Å². The first kappa shape index (κ1) is 19.3. The zero-order valence-electron chi connectivity index (χ0n) is 17.3. The molecule has 0 atom stereocenters. The van der Waals surface area contributed by atoms with E-state index >= 15 is 0 Å². The molecule has 5 rings (SSSR count). The molecule has 1 N–H and O–H groups in total. The molecule has 1 amide bonds. The van der Waals surface area contributed by atoms with Gasteiger partial charge >= 0.3 is 0 Å². The van der Waals surface area contributed by atoms with Gasteiger partial charge in [-0.15, -0.1) is 0 Å². The Labute approximate surface area is 177 Å². The molecule has 0 aliphatic carbocycles. The molecule has 2 aromatic rings. The number of nitrogens with zero attached hydrogens (tertiary/aromatic N) is 2. The van der Waals surface area contributed by atoms with E-state index in [2.05, 4.69) is 33.3 Å². The predicted octanol–water partition coefficient (Wildman–Crippen LogP) is 2.80. The van der Waals surface area contributed by atoms with Crippen molar-refractivity contribution in [1.29, 1.82) is 0 Å². The lowest BCUT2D eigenvalue weighted by molar-refractivity contribution is -0.110. The monoisotopic (exact) mass is 405 g/mol. The van der Waals surface area contributed by atoms with Gasteiger partial charge in [0, 0.05) is 68.8 Å². The van der Waals surface area contributed by atoms with Crippen LogP contribution in [0.1, 0.15) is 22.3 Å². The molecular weight excluding hydrogens is 378 g/mol. The molecule has 0 spiro atoms. The lowest BCUT2D eigenvalue weighted by Crippen LogP contribution is -2.46. The van der Waals surface area contributed by atoms with Gasteiger partial charge in [0.1, 0.15) is 12.4 Å². The summed E-state index contributed by atoms with van der Waals surface area (Å²) in [6.07, 6.45) is 0. The van der Waals surface area contributed by atoms with E-state index in [0.717, 1.165) is 68.3 Å². The Bertz CT molecular complexity index is 993. The largest absolute Gasteiger partial charge is 0.487 e. The molecular formula is C24H27N3O3. The van der Waals surface area contributed by atoms with Crippen LogP contribution in [0.3, 0.4) is 0 Å². The first-order chi connectivity index (χ1) is 14.7. The highest BCUT2D eigenvalue weighted by molar-refractivity contribution is 6.36. The number of para-hydroxylation sites is 1. The Morgan fingerprint density at radius 2 is 1.83 bits per heavy atom. The standard InChI is InChI=1S/C24H27N3O3/c1-29-13-12-26-8-10-27(11-9-26)15-17-6-7-19-18(14-17)16-30-23(19)22-20-4-2-3-5-21(20)25-24(22)28/h2-7,14H,8-13,15-16H2,1H3,(H,25,28)/b23-22+. The SMILES string of the molecule is COCCN1CCN(Cc2ccc3c(c2)CO/C3=C2/C(=O)Nc3ccccc32)CC1. The summed E-state index contributed by atoms with van der Waals surface area (Å²) in [6.45, 7) is 7.58. The number of ether oxygens (including phenoxy) is 2. The van der Waals surface area contributed by atoms with Crippen LogP contribution < -0.4 is 5.32 Å². The minimum absolute atomic E-state index is 0.0885. The van der Waals surface area contributed by atoms with Crippen molar-refractivity contribution >= 4 is 22.9 Å². The molecule has 30 heavy (non-hydrogen) atoms. The van der Waals surface area contributed by atoms with Crippen molar-refractivity contribution in [1.82, 2.24) is 9.80 Å². The highest BCUT2D eigenvalue weighted by Crippen LogP contribution is 2.41. The maximum atomic E-state index is 12.6. The normalized spacial score (nSPS) is 21.3. The highest BCUT2D eigenvalue weighted by Gasteiger charge is 2.32. The fourth-order valence-corrected chi connectivity index (χ4v) is 4.51.